The highest BCUT2D eigenvalue weighted by molar-refractivity contribution is 7.92. The Kier molecular flexibility index (Phi) is 10.8. The highest BCUT2D eigenvalue weighted by Crippen LogP contribution is 2.27. The average molecular weight is 588 g/mol. The molecule has 2 amide bonds. The second-order valence-electron chi connectivity index (χ2n) is 9.00. The zero-order valence-corrected chi connectivity index (χ0v) is 24.5. The van der Waals surface area contributed by atoms with Crippen LogP contribution in [0.4, 0.5) is 5.69 Å². The summed E-state index contributed by atoms with van der Waals surface area (Å²) in [5, 5.41) is 3.23. The molecule has 0 saturated heterocycles. The molecular formula is C29H34ClN3O6S. The fraction of sp³-hybridized carbons (Fsp3) is 0.310. The van der Waals surface area contributed by atoms with E-state index in [4.69, 9.17) is 21.1 Å². The van der Waals surface area contributed by atoms with E-state index < -0.39 is 28.5 Å². The average Bonchev–Trinajstić information content (AvgIpc) is 2.97. The van der Waals surface area contributed by atoms with Gasteiger partial charge in [0, 0.05) is 18.1 Å². The fourth-order valence-corrected chi connectivity index (χ4v) is 5.46. The van der Waals surface area contributed by atoms with Gasteiger partial charge in [-0.3, -0.25) is 13.9 Å². The fourth-order valence-electron chi connectivity index (χ4n) is 3.92. The van der Waals surface area contributed by atoms with Gasteiger partial charge in [0.2, 0.25) is 11.8 Å². The number of hydrogen-bond acceptors (Lipinski definition) is 6. The summed E-state index contributed by atoms with van der Waals surface area (Å²) in [6, 6.07) is 18.3. The van der Waals surface area contributed by atoms with Crippen LogP contribution in [-0.4, -0.2) is 58.5 Å². The SMILES string of the molecule is CCCNC(=O)[C@@H](C)N(Cc1ccc(OC)cc1)C(=O)CN(c1ccc(Cl)cc1)S(=O)(=O)c1ccc(OC)cc1. The summed E-state index contributed by atoms with van der Waals surface area (Å²) in [4.78, 5) is 28.2. The molecule has 0 spiro atoms. The molecule has 0 aromatic heterocycles. The van der Waals surface area contributed by atoms with Gasteiger partial charge in [-0.2, -0.15) is 0 Å². The molecule has 0 aliphatic heterocycles. The van der Waals surface area contributed by atoms with Crippen LogP contribution in [0.1, 0.15) is 25.8 Å². The normalized spacial score (nSPS) is 11.8. The minimum Gasteiger partial charge on any atom is -0.497 e. The van der Waals surface area contributed by atoms with Gasteiger partial charge in [0.15, 0.2) is 0 Å². The number of benzene rings is 3. The Bertz CT molecular complexity index is 1380. The van der Waals surface area contributed by atoms with Crippen molar-refractivity contribution in [3.63, 3.8) is 0 Å². The number of methoxy groups -OCH3 is 2. The van der Waals surface area contributed by atoms with Crippen molar-refractivity contribution in [3.8, 4) is 11.5 Å². The Morgan fingerprint density at radius 3 is 1.98 bits per heavy atom. The molecule has 1 N–H and O–H groups in total. The molecule has 40 heavy (non-hydrogen) atoms. The predicted octanol–water partition coefficient (Wildman–Crippen LogP) is 4.50. The first-order valence-corrected chi connectivity index (χ1v) is 14.5. The standard InChI is InChI=1S/C29H34ClN3O6S/c1-5-18-31-29(35)21(2)32(19-22-6-12-25(38-3)13-7-22)28(34)20-33(24-10-8-23(30)9-11-24)40(36,37)27-16-14-26(39-4)15-17-27/h6-17,21H,5,18-20H2,1-4H3,(H,31,35)/t21-/m1/s1. The third-order valence-electron chi connectivity index (χ3n) is 6.27. The lowest BCUT2D eigenvalue weighted by Crippen LogP contribution is -2.51. The van der Waals surface area contributed by atoms with Crippen molar-refractivity contribution < 1.29 is 27.5 Å². The third-order valence-corrected chi connectivity index (χ3v) is 8.31. The van der Waals surface area contributed by atoms with Gasteiger partial charge in [-0.1, -0.05) is 30.7 Å². The molecule has 9 nitrogen and oxygen atoms in total. The maximum absolute atomic E-state index is 13.9. The van der Waals surface area contributed by atoms with Gasteiger partial charge in [0.25, 0.3) is 10.0 Å². The first kappa shape index (κ1) is 30.8. The van der Waals surface area contributed by atoms with Crippen LogP contribution >= 0.6 is 11.6 Å². The van der Waals surface area contributed by atoms with Gasteiger partial charge >= 0.3 is 0 Å². The number of nitrogens with zero attached hydrogens (tertiary/aromatic N) is 2. The Labute approximate surface area is 240 Å². The lowest BCUT2D eigenvalue weighted by atomic mass is 10.1. The van der Waals surface area contributed by atoms with Crippen molar-refractivity contribution in [2.75, 3.05) is 31.6 Å². The molecule has 0 unspecified atom stereocenters. The quantitative estimate of drug-likeness (QED) is 0.316. The monoisotopic (exact) mass is 587 g/mol. The van der Waals surface area contributed by atoms with E-state index in [-0.39, 0.29) is 23.0 Å². The van der Waals surface area contributed by atoms with Gasteiger partial charge in [-0.05, 0) is 79.6 Å². The number of anilines is 1. The molecule has 214 valence electrons. The third kappa shape index (κ3) is 7.67. The van der Waals surface area contributed by atoms with Gasteiger partial charge in [-0.25, -0.2) is 8.42 Å². The molecule has 3 aromatic carbocycles. The van der Waals surface area contributed by atoms with Crippen LogP contribution in [0, 0.1) is 0 Å². The largest absolute Gasteiger partial charge is 0.497 e. The van der Waals surface area contributed by atoms with E-state index >= 15 is 0 Å². The van der Waals surface area contributed by atoms with Gasteiger partial charge < -0.3 is 19.7 Å². The van der Waals surface area contributed by atoms with Crippen LogP contribution in [0.2, 0.25) is 5.02 Å². The van der Waals surface area contributed by atoms with Crippen molar-refractivity contribution in [1.29, 1.82) is 0 Å². The topological polar surface area (TPSA) is 105 Å². The lowest BCUT2D eigenvalue weighted by molar-refractivity contribution is -0.139. The molecule has 0 saturated carbocycles. The molecule has 0 fully saturated rings. The van der Waals surface area contributed by atoms with Crippen LogP contribution in [0.25, 0.3) is 0 Å². The van der Waals surface area contributed by atoms with E-state index in [0.717, 1.165) is 16.3 Å². The number of sulfonamides is 1. The van der Waals surface area contributed by atoms with Crippen molar-refractivity contribution in [2.24, 2.45) is 0 Å². The van der Waals surface area contributed by atoms with E-state index in [1.807, 2.05) is 6.92 Å². The van der Waals surface area contributed by atoms with Gasteiger partial charge in [0.05, 0.1) is 24.8 Å². The first-order valence-electron chi connectivity index (χ1n) is 12.7. The molecule has 3 rings (SSSR count). The first-order chi connectivity index (χ1) is 19.1. The summed E-state index contributed by atoms with van der Waals surface area (Å²) in [6.07, 6.45) is 0.731. The predicted molar refractivity (Wildman–Crippen MR) is 155 cm³/mol. The highest BCUT2D eigenvalue weighted by atomic mass is 35.5. The number of halogens is 1. The second kappa shape index (κ2) is 14.0. The van der Waals surface area contributed by atoms with E-state index in [0.29, 0.717) is 23.1 Å². The summed E-state index contributed by atoms with van der Waals surface area (Å²) in [5.41, 5.74) is 1.00. The molecule has 0 aliphatic rings. The van der Waals surface area contributed by atoms with Crippen LogP contribution < -0.4 is 19.1 Å². The van der Waals surface area contributed by atoms with E-state index in [9.17, 15) is 18.0 Å². The van der Waals surface area contributed by atoms with Crippen molar-refractivity contribution in [2.45, 2.75) is 37.8 Å². The minimum absolute atomic E-state index is 0.0218. The molecule has 0 heterocycles. The maximum Gasteiger partial charge on any atom is 0.264 e. The van der Waals surface area contributed by atoms with Crippen LogP contribution in [0.3, 0.4) is 0 Å². The molecule has 1 atom stereocenters. The van der Waals surface area contributed by atoms with Crippen LogP contribution in [0.15, 0.2) is 77.7 Å². The number of carbonyl (C=O) groups is 2. The van der Waals surface area contributed by atoms with Crippen LogP contribution in [0.5, 0.6) is 11.5 Å². The Morgan fingerprint density at radius 2 is 1.45 bits per heavy atom. The minimum atomic E-state index is -4.19. The van der Waals surface area contributed by atoms with Crippen molar-refractivity contribution in [3.05, 3.63) is 83.4 Å². The molecule has 0 radical (unpaired) electrons. The molecule has 11 heteroatoms. The Hall–Kier alpha value is -3.76. The van der Waals surface area contributed by atoms with E-state index in [1.165, 1.54) is 48.4 Å². The number of nitrogens with one attached hydrogen (secondary N) is 1. The molecule has 0 aliphatic carbocycles. The summed E-state index contributed by atoms with van der Waals surface area (Å²) in [5.74, 6) is 0.252. The zero-order valence-electron chi connectivity index (χ0n) is 23.0. The Morgan fingerprint density at radius 1 is 0.900 bits per heavy atom. The molecule has 0 bridgehead atoms. The van der Waals surface area contributed by atoms with Crippen molar-refractivity contribution in [1.82, 2.24) is 10.2 Å². The Balaban J connectivity index is 2.00. The van der Waals surface area contributed by atoms with E-state index in [1.54, 1.807) is 50.4 Å². The smallest absolute Gasteiger partial charge is 0.264 e. The van der Waals surface area contributed by atoms with Crippen molar-refractivity contribution >= 4 is 39.1 Å². The second-order valence-corrected chi connectivity index (χ2v) is 11.3. The van der Waals surface area contributed by atoms with Gasteiger partial charge in [0.1, 0.15) is 24.1 Å². The summed E-state index contributed by atoms with van der Waals surface area (Å²) in [6.45, 7) is 3.55. The number of ether oxygens (including phenoxy) is 2. The number of amides is 2. The lowest BCUT2D eigenvalue weighted by Gasteiger charge is -2.32. The number of carbonyl (C=O) groups excluding carboxylic acids is 2. The van der Waals surface area contributed by atoms with E-state index in [2.05, 4.69) is 5.32 Å². The molecular weight excluding hydrogens is 554 g/mol. The summed E-state index contributed by atoms with van der Waals surface area (Å²) >= 11 is 6.06. The number of hydrogen-bond donors (Lipinski definition) is 1. The van der Waals surface area contributed by atoms with Crippen LogP contribution in [-0.2, 0) is 26.2 Å². The highest BCUT2D eigenvalue weighted by Gasteiger charge is 2.32. The van der Waals surface area contributed by atoms with Gasteiger partial charge in [-0.15, -0.1) is 0 Å². The number of rotatable bonds is 13. The summed E-state index contributed by atoms with van der Waals surface area (Å²) in [7, 11) is -1.15. The molecule has 3 aromatic rings. The maximum atomic E-state index is 13.9. The zero-order chi connectivity index (χ0) is 29.3. The summed E-state index contributed by atoms with van der Waals surface area (Å²) < 4.78 is 39.1.